The fourth-order valence-corrected chi connectivity index (χ4v) is 3.03. The van der Waals surface area contributed by atoms with Crippen LogP contribution >= 0.6 is 0 Å². The highest BCUT2D eigenvalue weighted by Gasteiger charge is 2.15. The predicted molar refractivity (Wildman–Crippen MR) is 92.9 cm³/mol. The third-order valence-electron chi connectivity index (χ3n) is 4.10. The van der Waals surface area contributed by atoms with Crippen molar-refractivity contribution >= 4 is 27.7 Å². The van der Waals surface area contributed by atoms with Crippen LogP contribution in [0.5, 0.6) is 0 Å². The summed E-state index contributed by atoms with van der Waals surface area (Å²) in [4.78, 5) is 26.1. The van der Waals surface area contributed by atoms with E-state index in [1.165, 1.54) is 7.11 Å². The molecule has 0 bridgehead atoms. The van der Waals surface area contributed by atoms with Crippen LogP contribution in [0.1, 0.15) is 22.6 Å². The Hall–Kier alpha value is -2.44. The van der Waals surface area contributed by atoms with E-state index < -0.39 is 0 Å². The number of carbonyl (C=O) groups excluding carboxylic acids is 1. The molecular formula is C18H21N3O3. The van der Waals surface area contributed by atoms with Crippen molar-refractivity contribution in [3.63, 3.8) is 0 Å². The zero-order chi connectivity index (χ0) is 17.1. The van der Waals surface area contributed by atoms with E-state index in [2.05, 4.69) is 31.9 Å². The minimum atomic E-state index is -0.176. The Morgan fingerprint density at radius 3 is 2.88 bits per heavy atom. The van der Waals surface area contributed by atoms with Crippen LogP contribution in [-0.2, 0) is 16.8 Å². The molecule has 0 aliphatic heterocycles. The van der Waals surface area contributed by atoms with Gasteiger partial charge in [-0.1, -0.05) is 18.2 Å². The molecule has 24 heavy (non-hydrogen) atoms. The zero-order valence-corrected chi connectivity index (χ0v) is 14.1. The van der Waals surface area contributed by atoms with Gasteiger partial charge in [-0.2, -0.15) is 0 Å². The summed E-state index contributed by atoms with van der Waals surface area (Å²) in [5, 5.41) is 5.04. The van der Waals surface area contributed by atoms with E-state index in [1.807, 2.05) is 32.2 Å². The van der Waals surface area contributed by atoms with Gasteiger partial charge in [0.1, 0.15) is 5.69 Å². The molecule has 1 N–H and O–H groups in total. The van der Waals surface area contributed by atoms with E-state index in [4.69, 9.17) is 4.89 Å². The molecule has 0 atom stereocenters. The smallest absolute Gasteiger partial charge is 0.269 e. The van der Waals surface area contributed by atoms with Gasteiger partial charge in [0.25, 0.3) is 5.91 Å². The predicted octanol–water partition coefficient (Wildman–Crippen LogP) is 2.73. The van der Waals surface area contributed by atoms with Crippen molar-refractivity contribution in [3.8, 4) is 0 Å². The normalized spacial score (nSPS) is 11.3. The topological polar surface area (TPSA) is 65.4 Å². The van der Waals surface area contributed by atoms with E-state index in [-0.39, 0.29) is 5.91 Å². The van der Waals surface area contributed by atoms with Crippen LogP contribution in [0.4, 0.5) is 0 Å². The molecule has 6 nitrogen and oxygen atoms in total. The minimum Gasteiger partial charge on any atom is -0.351 e. The number of amides is 1. The number of para-hydroxylation sites is 1. The molecule has 0 saturated carbocycles. The lowest BCUT2D eigenvalue weighted by Gasteiger charge is -2.07. The summed E-state index contributed by atoms with van der Waals surface area (Å²) in [6, 6.07) is 10.0. The fraction of sp³-hybridized carbons (Fsp3) is 0.333. The van der Waals surface area contributed by atoms with E-state index in [9.17, 15) is 4.79 Å². The van der Waals surface area contributed by atoms with E-state index in [0.717, 1.165) is 27.5 Å². The standard InChI is InChI=1S/C18H21N3O3/c1-12-17-14(13-7-4-5-8-16(13)21(17)2)11-15(20-12)18(22)19-9-6-10-24-23-3/h4-5,7-8,11H,6,9-10H2,1-3H3,(H,19,22). The SMILES string of the molecule is COOCCCNC(=O)c1cc2c3ccccc3n(C)c2c(C)n1. The number of pyridine rings is 1. The van der Waals surface area contributed by atoms with Crippen LogP contribution in [-0.4, -0.2) is 35.7 Å². The Morgan fingerprint density at radius 1 is 1.29 bits per heavy atom. The summed E-state index contributed by atoms with van der Waals surface area (Å²) in [6.45, 7) is 2.88. The molecule has 1 amide bonds. The molecule has 0 aliphatic carbocycles. The molecule has 126 valence electrons. The molecule has 2 heterocycles. The molecule has 0 unspecified atom stereocenters. The highest BCUT2D eigenvalue weighted by Crippen LogP contribution is 2.29. The van der Waals surface area contributed by atoms with Crippen molar-refractivity contribution in [2.45, 2.75) is 13.3 Å². The third kappa shape index (κ3) is 2.98. The molecule has 0 fully saturated rings. The number of fused-ring (bicyclic) bond motifs is 3. The third-order valence-corrected chi connectivity index (χ3v) is 4.10. The Balaban J connectivity index is 1.90. The first-order chi connectivity index (χ1) is 11.6. The molecule has 6 heteroatoms. The fourth-order valence-electron chi connectivity index (χ4n) is 3.03. The number of aryl methyl sites for hydroxylation is 2. The van der Waals surface area contributed by atoms with E-state index in [1.54, 1.807) is 0 Å². The van der Waals surface area contributed by atoms with Crippen molar-refractivity contribution in [1.29, 1.82) is 0 Å². The molecule has 1 aromatic carbocycles. The first-order valence-corrected chi connectivity index (χ1v) is 7.92. The summed E-state index contributed by atoms with van der Waals surface area (Å²) in [5.74, 6) is -0.176. The molecule has 3 aromatic rings. The van der Waals surface area contributed by atoms with Gasteiger partial charge >= 0.3 is 0 Å². The maximum absolute atomic E-state index is 12.4. The zero-order valence-electron chi connectivity index (χ0n) is 14.1. The Morgan fingerprint density at radius 2 is 2.08 bits per heavy atom. The molecule has 0 spiro atoms. The summed E-state index contributed by atoms with van der Waals surface area (Å²) in [5.41, 5.74) is 3.47. The van der Waals surface area contributed by atoms with Gasteiger partial charge < -0.3 is 9.88 Å². The van der Waals surface area contributed by atoms with Crippen molar-refractivity contribution in [1.82, 2.24) is 14.9 Å². The maximum atomic E-state index is 12.4. The van der Waals surface area contributed by atoms with Gasteiger partial charge in [-0.05, 0) is 25.5 Å². The molecule has 0 aliphatic rings. The van der Waals surface area contributed by atoms with Crippen molar-refractivity contribution < 1.29 is 14.6 Å². The van der Waals surface area contributed by atoms with Gasteiger partial charge in [-0.25, -0.2) is 14.8 Å². The first kappa shape index (κ1) is 16.4. The Labute approximate surface area is 140 Å². The van der Waals surface area contributed by atoms with Crippen molar-refractivity contribution in [2.24, 2.45) is 7.05 Å². The summed E-state index contributed by atoms with van der Waals surface area (Å²) >= 11 is 0. The Kier molecular flexibility index (Phi) is 4.78. The average molecular weight is 327 g/mol. The van der Waals surface area contributed by atoms with Crippen LogP contribution in [0, 0.1) is 6.92 Å². The molecule has 3 rings (SSSR count). The van der Waals surface area contributed by atoms with E-state index in [0.29, 0.717) is 25.3 Å². The Bertz CT molecular complexity index is 886. The van der Waals surface area contributed by atoms with Crippen LogP contribution in [0.25, 0.3) is 21.8 Å². The molecular weight excluding hydrogens is 306 g/mol. The number of hydrogen-bond donors (Lipinski definition) is 1. The number of hydrogen-bond acceptors (Lipinski definition) is 4. The largest absolute Gasteiger partial charge is 0.351 e. The maximum Gasteiger partial charge on any atom is 0.269 e. The van der Waals surface area contributed by atoms with E-state index >= 15 is 0 Å². The van der Waals surface area contributed by atoms with Crippen LogP contribution in [0.15, 0.2) is 30.3 Å². The lowest BCUT2D eigenvalue weighted by molar-refractivity contribution is -0.272. The quantitative estimate of drug-likeness (QED) is 0.429. The summed E-state index contributed by atoms with van der Waals surface area (Å²) < 4.78 is 2.12. The number of rotatable bonds is 6. The molecule has 0 radical (unpaired) electrons. The average Bonchev–Trinajstić information content (AvgIpc) is 2.88. The number of aromatic nitrogens is 2. The van der Waals surface area contributed by atoms with Crippen LogP contribution in [0.2, 0.25) is 0 Å². The van der Waals surface area contributed by atoms with Gasteiger partial charge in [-0.15, -0.1) is 0 Å². The highest BCUT2D eigenvalue weighted by molar-refractivity contribution is 6.10. The number of carbonyl (C=O) groups is 1. The highest BCUT2D eigenvalue weighted by atomic mass is 17.2. The number of benzene rings is 1. The second kappa shape index (κ2) is 6.98. The van der Waals surface area contributed by atoms with Gasteiger partial charge in [-0.3, -0.25) is 4.79 Å². The van der Waals surface area contributed by atoms with Crippen LogP contribution in [0.3, 0.4) is 0 Å². The van der Waals surface area contributed by atoms with Gasteiger partial charge in [0.2, 0.25) is 0 Å². The lowest BCUT2D eigenvalue weighted by atomic mass is 10.1. The lowest BCUT2D eigenvalue weighted by Crippen LogP contribution is -2.26. The monoisotopic (exact) mass is 327 g/mol. The number of nitrogens with one attached hydrogen (secondary N) is 1. The van der Waals surface area contributed by atoms with Gasteiger partial charge in [0.15, 0.2) is 0 Å². The molecule has 2 aromatic heterocycles. The second-order valence-electron chi connectivity index (χ2n) is 5.66. The first-order valence-electron chi connectivity index (χ1n) is 7.92. The molecule has 0 saturated heterocycles. The second-order valence-corrected chi connectivity index (χ2v) is 5.66. The van der Waals surface area contributed by atoms with Crippen molar-refractivity contribution in [3.05, 3.63) is 41.7 Å². The van der Waals surface area contributed by atoms with Gasteiger partial charge in [0.05, 0.1) is 24.9 Å². The summed E-state index contributed by atoms with van der Waals surface area (Å²) in [7, 11) is 3.49. The number of nitrogens with zero attached hydrogens (tertiary/aromatic N) is 2. The van der Waals surface area contributed by atoms with Gasteiger partial charge in [0, 0.05) is 29.9 Å². The van der Waals surface area contributed by atoms with Crippen LogP contribution < -0.4 is 5.32 Å². The minimum absolute atomic E-state index is 0.176. The summed E-state index contributed by atoms with van der Waals surface area (Å²) in [6.07, 6.45) is 0.676. The van der Waals surface area contributed by atoms with Crippen molar-refractivity contribution in [2.75, 3.05) is 20.3 Å².